The van der Waals surface area contributed by atoms with Gasteiger partial charge in [0, 0.05) is 0 Å². The summed E-state index contributed by atoms with van der Waals surface area (Å²) in [6.07, 6.45) is 0. The molecular weight excluding hydrogens is 312 g/mol. The second-order valence-corrected chi connectivity index (χ2v) is 11.2. The van der Waals surface area contributed by atoms with E-state index in [1.165, 1.54) is 26.4 Å². The Labute approximate surface area is 130 Å². The Balaban J connectivity index is -0.0000000710. The molecule has 0 aliphatic carbocycles. The maximum atomic E-state index is 8.79. The first-order chi connectivity index (χ1) is 7.17. The third-order valence-electron chi connectivity index (χ3n) is 2.44. The molecule has 0 rings (SSSR count). The van der Waals surface area contributed by atoms with Crippen LogP contribution >= 0.6 is 22.3 Å². The molecule has 0 aromatic heterocycles. The fourth-order valence-electron chi connectivity index (χ4n) is 1.22. The molecule has 0 aromatic rings. The van der Waals surface area contributed by atoms with E-state index in [4.69, 9.17) is 3.67 Å². The Morgan fingerprint density at radius 1 is 1.00 bits per heavy atom. The van der Waals surface area contributed by atoms with Gasteiger partial charge in [-0.05, 0) is 0 Å². The zero-order valence-corrected chi connectivity index (χ0v) is 17.0. The van der Waals surface area contributed by atoms with E-state index in [2.05, 4.69) is 44.5 Å². The van der Waals surface area contributed by atoms with Crippen molar-refractivity contribution in [1.82, 2.24) is 0 Å². The van der Waals surface area contributed by atoms with Gasteiger partial charge < -0.3 is 0 Å². The van der Waals surface area contributed by atoms with Gasteiger partial charge in [-0.25, -0.2) is 0 Å². The van der Waals surface area contributed by atoms with Gasteiger partial charge in [0.15, 0.2) is 0 Å². The fraction of sp³-hybridized carbons (Fsp3) is 1.00. The molecule has 0 atom stereocenters. The molecule has 0 aliphatic heterocycles. The molecule has 0 unspecified atom stereocenters. The van der Waals surface area contributed by atoms with E-state index in [1.54, 1.807) is 0 Å². The van der Waals surface area contributed by atoms with E-state index in [0.717, 1.165) is 0 Å². The predicted octanol–water partition coefficient (Wildman–Crippen LogP) is 4.83. The number of halogens is 2. The van der Waals surface area contributed by atoms with Crippen molar-refractivity contribution in [2.45, 2.75) is 61.0 Å². The van der Waals surface area contributed by atoms with Gasteiger partial charge in [-0.2, -0.15) is 0 Å². The van der Waals surface area contributed by atoms with E-state index >= 15 is 0 Å². The van der Waals surface area contributed by atoms with Crippen LogP contribution in [0.5, 0.6) is 0 Å². The molecule has 1 nitrogen and oxygen atoms in total. The predicted molar refractivity (Wildman–Crippen MR) is 79.1 cm³/mol. The molecule has 6 heteroatoms. The van der Waals surface area contributed by atoms with Gasteiger partial charge >= 0.3 is 28.8 Å². The third-order valence-corrected chi connectivity index (χ3v) is 7.32. The maximum absolute atomic E-state index is 8.79. The topological polar surface area (TPSA) is 17.1 Å². The van der Waals surface area contributed by atoms with E-state index in [1.807, 2.05) is 0 Å². The van der Waals surface area contributed by atoms with Crippen LogP contribution in [0.4, 0.5) is 0 Å². The zero-order valence-electron chi connectivity index (χ0n) is 11.5. The minimum atomic E-state index is -1.09. The van der Waals surface area contributed by atoms with Crippen LogP contribution in [0.3, 0.4) is 0 Å². The van der Waals surface area contributed by atoms with Gasteiger partial charge in [-0.15, -0.1) is 23.0 Å². The Morgan fingerprint density at radius 2 is 1.25 bits per heavy atom. The summed E-state index contributed by atoms with van der Waals surface area (Å²) in [5, 5.41) is 7.44. The molecular formula is C10H27Al2Cl2OV. The van der Waals surface area contributed by atoms with Crippen LogP contribution in [0.15, 0.2) is 0 Å². The van der Waals surface area contributed by atoms with Gasteiger partial charge in [0.2, 0.25) is 15.2 Å². The average Bonchev–Trinajstić information content (AvgIpc) is 2.24. The van der Waals surface area contributed by atoms with Crippen molar-refractivity contribution in [2.24, 2.45) is 0 Å². The molecule has 0 N–H and O–H groups in total. The standard InChI is InChI=1S/5C2H5.2Al.2ClH.O.V.H/c5*1-2;;;;;;;/h5*1H2,2H3;;;2*1H;;;/q;;;;;;;;;;+1;/p-1. The quantitative estimate of drug-likeness (QED) is 0.656. The SMILES string of the molecule is C[CH2][AlH][CH2]C.C[CH2][Al]([CH2]C)[CH2]C.Cl.[O]=[V][Cl]. The fourth-order valence-corrected chi connectivity index (χ4v) is 3.66. The Hall–Kier alpha value is 2.03. The normalized spacial score (nSPS) is 7.12. The first-order valence-corrected chi connectivity index (χ1v) is 13.1. The molecule has 0 spiro atoms. The van der Waals surface area contributed by atoms with Crippen LogP contribution in [-0.2, 0) is 19.0 Å². The van der Waals surface area contributed by atoms with Crippen LogP contribution in [0.2, 0.25) is 26.4 Å². The molecule has 0 saturated carbocycles. The number of hydrogen-bond donors (Lipinski definition) is 0. The first kappa shape index (κ1) is 26.6. The molecule has 0 saturated heterocycles. The summed E-state index contributed by atoms with van der Waals surface area (Å²) in [5.41, 5.74) is 0. The van der Waals surface area contributed by atoms with Crippen molar-refractivity contribution < 1.29 is 19.0 Å². The van der Waals surface area contributed by atoms with Gasteiger partial charge in [0.1, 0.15) is 0 Å². The van der Waals surface area contributed by atoms with Crippen molar-refractivity contribution in [3.05, 3.63) is 0 Å². The molecule has 0 heterocycles. The van der Waals surface area contributed by atoms with E-state index in [0.29, 0.717) is 15.2 Å². The molecule has 98 valence electrons. The second-order valence-electron chi connectivity index (χ2n) is 3.51. The van der Waals surface area contributed by atoms with Crippen molar-refractivity contribution in [2.75, 3.05) is 0 Å². The van der Waals surface area contributed by atoms with Crippen molar-refractivity contribution in [3.63, 3.8) is 0 Å². The van der Waals surface area contributed by atoms with E-state index < -0.39 is 15.3 Å². The summed E-state index contributed by atoms with van der Waals surface area (Å²) >= 11 is -0.829. The van der Waals surface area contributed by atoms with Crippen LogP contribution in [0.25, 0.3) is 0 Å². The molecule has 0 bridgehead atoms. The molecule has 0 radical (unpaired) electrons. The Kier molecular flexibility index (Phi) is 50.2. The van der Waals surface area contributed by atoms with Crippen LogP contribution < -0.4 is 0 Å². The third kappa shape index (κ3) is 36.0. The second kappa shape index (κ2) is 30.2. The zero-order chi connectivity index (χ0) is 12.5. The summed E-state index contributed by atoms with van der Waals surface area (Å²) in [5.74, 6) is 0. The van der Waals surface area contributed by atoms with Crippen LogP contribution in [0.1, 0.15) is 34.6 Å². The summed E-state index contributed by atoms with van der Waals surface area (Å²) < 4.78 is 8.79. The van der Waals surface area contributed by atoms with Crippen LogP contribution in [-0.4, -0.2) is 29.4 Å². The average molecular weight is 339 g/mol. The summed E-state index contributed by atoms with van der Waals surface area (Å²) in [7, 11) is 4.54. The Morgan fingerprint density at radius 3 is 1.25 bits per heavy atom. The minimum absolute atomic E-state index is 0. The van der Waals surface area contributed by atoms with Gasteiger partial charge in [-0.3, -0.25) is 0 Å². The number of rotatable bonds is 5. The first-order valence-electron chi connectivity index (χ1n) is 6.11. The van der Waals surface area contributed by atoms with Crippen LogP contribution in [0, 0.1) is 0 Å². The molecule has 0 aromatic carbocycles. The van der Waals surface area contributed by atoms with E-state index in [9.17, 15) is 0 Å². The molecule has 16 heavy (non-hydrogen) atoms. The summed E-state index contributed by atoms with van der Waals surface area (Å²) in [4.78, 5) is 0. The summed E-state index contributed by atoms with van der Waals surface area (Å²) in [6, 6.07) is 0. The number of hydrogen-bond acceptors (Lipinski definition) is 1. The molecule has 0 amide bonds. The van der Waals surface area contributed by atoms with Crippen molar-refractivity contribution in [3.8, 4) is 0 Å². The van der Waals surface area contributed by atoms with Crippen molar-refractivity contribution in [1.29, 1.82) is 0 Å². The van der Waals surface area contributed by atoms with E-state index in [-0.39, 0.29) is 26.6 Å². The van der Waals surface area contributed by atoms with Gasteiger partial charge in [-0.1, -0.05) is 50.5 Å². The Bertz CT molecular complexity index is 99.3. The van der Waals surface area contributed by atoms with Gasteiger partial charge in [0.25, 0.3) is 14.1 Å². The van der Waals surface area contributed by atoms with Gasteiger partial charge in [0.05, 0.1) is 0 Å². The van der Waals surface area contributed by atoms with Crippen molar-refractivity contribution >= 4 is 51.6 Å². The monoisotopic (exact) mass is 338 g/mol. The molecule has 0 aliphatic rings. The molecule has 0 fully saturated rings. The summed E-state index contributed by atoms with van der Waals surface area (Å²) in [6.45, 7) is 11.5.